The molecular formula is C33H42N8O5. The number of piperazine rings is 1. The van der Waals surface area contributed by atoms with Gasteiger partial charge in [-0.15, -0.1) is 6.58 Å². The number of aromatic nitrogens is 5. The van der Waals surface area contributed by atoms with Crippen molar-refractivity contribution in [2.24, 2.45) is 0 Å². The third-order valence-corrected chi connectivity index (χ3v) is 7.91. The molecule has 0 aliphatic carbocycles. The summed E-state index contributed by atoms with van der Waals surface area (Å²) in [6, 6.07) is 13.4. The highest BCUT2D eigenvalue weighted by atomic mass is 16.5. The van der Waals surface area contributed by atoms with Crippen LogP contribution in [0.4, 0.5) is 17.3 Å². The number of pyridine rings is 1. The van der Waals surface area contributed by atoms with Gasteiger partial charge in [0.05, 0.1) is 12.2 Å². The topological polar surface area (TPSA) is 151 Å². The number of aliphatic hydroxyl groups is 1. The third-order valence-electron chi connectivity index (χ3n) is 7.91. The normalized spacial score (nSPS) is 14.1. The van der Waals surface area contributed by atoms with Crippen LogP contribution in [0, 0.1) is 0 Å². The van der Waals surface area contributed by atoms with Crippen LogP contribution in [-0.4, -0.2) is 91.3 Å². The summed E-state index contributed by atoms with van der Waals surface area (Å²) in [5.74, 6) is -0.139. The van der Waals surface area contributed by atoms with Crippen molar-refractivity contribution in [2.45, 2.75) is 45.3 Å². The van der Waals surface area contributed by atoms with E-state index in [4.69, 9.17) is 14.8 Å². The number of carboxylic acids is 1. The van der Waals surface area contributed by atoms with Crippen molar-refractivity contribution >= 4 is 34.3 Å². The van der Waals surface area contributed by atoms with Crippen LogP contribution >= 0.6 is 0 Å². The summed E-state index contributed by atoms with van der Waals surface area (Å²) in [6.45, 7) is 12.5. The quantitative estimate of drug-likeness (QED) is 0.131. The number of unbranched alkanes of at least 4 members (excludes halogenated alkanes) is 2. The number of aliphatic carboxylic acids is 1. The van der Waals surface area contributed by atoms with E-state index in [2.05, 4.69) is 43.8 Å². The monoisotopic (exact) mass is 630 g/mol. The van der Waals surface area contributed by atoms with Crippen LogP contribution < -0.4 is 15.8 Å². The van der Waals surface area contributed by atoms with Crippen molar-refractivity contribution in [1.29, 1.82) is 0 Å². The molecule has 1 fully saturated rings. The first-order valence-corrected chi connectivity index (χ1v) is 15.6. The number of fused-ring (bicyclic) bond motifs is 1. The van der Waals surface area contributed by atoms with E-state index in [1.807, 2.05) is 12.1 Å². The number of hydrogen-bond donors (Lipinski definition) is 3. The largest absolute Gasteiger partial charge is 0.480 e. The minimum Gasteiger partial charge on any atom is -0.480 e. The fourth-order valence-electron chi connectivity index (χ4n) is 5.48. The first-order valence-electron chi connectivity index (χ1n) is 15.6. The lowest BCUT2D eigenvalue weighted by atomic mass is 10.1. The molecular weight excluding hydrogens is 588 g/mol. The zero-order valence-electron chi connectivity index (χ0n) is 26.4. The molecule has 0 radical (unpaired) electrons. The predicted molar refractivity (Wildman–Crippen MR) is 177 cm³/mol. The molecule has 0 bridgehead atoms. The number of allylic oxidation sites excluding steroid dienone is 1. The van der Waals surface area contributed by atoms with Crippen LogP contribution in [0.1, 0.15) is 38.8 Å². The summed E-state index contributed by atoms with van der Waals surface area (Å²) < 4.78 is 8.24. The van der Waals surface area contributed by atoms with Crippen LogP contribution in [0.15, 0.2) is 66.1 Å². The second-order valence-electron chi connectivity index (χ2n) is 11.9. The summed E-state index contributed by atoms with van der Waals surface area (Å²) >= 11 is 0. The van der Waals surface area contributed by atoms with E-state index >= 15 is 0 Å². The van der Waals surface area contributed by atoms with E-state index in [0.29, 0.717) is 35.1 Å². The van der Waals surface area contributed by atoms with Gasteiger partial charge in [0.25, 0.3) is 5.56 Å². The van der Waals surface area contributed by atoms with Crippen LogP contribution in [0.2, 0.25) is 0 Å². The van der Waals surface area contributed by atoms with E-state index in [0.717, 1.165) is 63.4 Å². The first kappa shape index (κ1) is 32.8. The van der Waals surface area contributed by atoms with Gasteiger partial charge >= 0.3 is 5.97 Å². The zero-order valence-corrected chi connectivity index (χ0v) is 26.4. The van der Waals surface area contributed by atoms with Gasteiger partial charge in [0.1, 0.15) is 17.6 Å². The number of hydrogen-bond acceptors (Lipinski definition) is 10. The number of benzene rings is 1. The summed E-state index contributed by atoms with van der Waals surface area (Å²) in [6.07, 6.45) is 6.13. The van der Waals surface area contributed by atoms with E-state index < -0.39 is 11.6 Å². The zero-order chi connectivity index (χ0) is 32.7. The van der Waals surface area contributed by atoms with Crippen molar-refractivity contribution in [1.82, 2.24) is 29.2 Å². The van der Waals surface area contributed by atoms with Gasteiger partial charge in [-0.3, -0.25) is 9.69 Å². The number of anilines is 3. The maximum atomic E-state index is 13.3. The Bertz CT molecular complexity index is 1700. The Morgan fingerprint density at radius 2 is 1.83 bits per heavy atom. The Hall–Kier alpha value is -4.59. The second-order valence-corrected chi connectivity index (χ2v) is 11.9. The van der Waals surface area contributed by atoms with E-state index in [1.165, 1.54) is 10.9 Å². The third kappa shape index (κ3) is 7.97. The maximum Gasteiger partial charge on any atom is 0.329 e. The summed E-state index contributed by atoms with van der Waals surface area (Å²) in [5.41, 5.74) is 1.40. The smallest absolute Gasteiger partial charge is 0.329 e. The molecule has 0 amide bonds. The molecule has 1 aliphatic rings. The van der Waals surface area contributed by atoms with Crippen molar-refractivity contribution < 1.29 is 19.7 Å². The SMILES string of the molecule is C=CCn1c(=O)c2cnc(Nc3ccc(N4CCN(CCCCCOCC(=O)O)CC4)cc3)nc2n1-c1cccc(C(C)(C)O)n1. The van der Waals surface area contributed by atoms with E-state index in [-0.39, 0.29) is 18.7 Å². The predicted octanol–water partition coefficient (Wildman–Crippen LogP) is 3.53. The first-order chi connectivity index (χ1) is 22.1. The van der Waals surface area contributed by atoms with Crippen molar-refractivity contribution in [3.05, 3.63) is 77.4 Å². The molecule has 0 unspecified atom stereocenters. The highest BCUT2D eigenvalue weighted by molar-refractivity contribution is 5.77. The highest BCUT2D eigenvalue weighted by Crippen LogP contribution is 2.24. The molecule has 3 N–H and O–H groups in total. The van der Waals surface area contributed by atoms with Gasteiger partial charge in [0, 0.05) is 50.4 Å². The van der Waals surface area contributed by atoms with Gasteiger partial charge in [-0.25, -0.2) is 24.1 Å². The summed E-state index contributed by atoms with van der Waals surface area (Å²) in [7, 11) is 0. The van der Waals surface area contributed by atoms with Gasteiger partial charge < -0.3 is 25.2 Å². The maximum absolute atomic E-state index is 13.3. The van der Waals surface area contributed by atoms with E-state index in [1.54, 1.807) is 42.8 Å². The average Bonchev–Trinajstić information content (AvgIpc) is 3.31. The molecule has 1 aromatic carbocycles. The molecule has 4 heterocycles. The molecule has 0 spiro atoms. The van der Waals surface area contributed by atoms with Crippen molar-refractivity contribution in [3.63, 3.8) is 0 Å². The van der Waals surface area contributed by atoms with Gasteiger partial charge in [-0.05, 0) is 76.1 Å². The lowest BCUT2D eigenvalue weighted by Gasteiger charge is -2.36. The number of nitrogens with zero attached hydrogens (tertiary/aromatic N) is 7. The Labute approximate surface area is 267 Å². The van der Waals surface area contributed by atoms with Crippen LogP contribution in [0.5, 0.6) is 0 Å². The average molecular weight is 631 g/mol. The molecule has 5 rings (SSSR count). The number of ether oxygens (including phenoxy) is 1. The molecule has 0 atom stereocenters. The minimum atomic E-state index is -1.16. The Morgan fingerprint density at radius 3 is 2.52 bits per heavy atom. The van der Waals surface area contributed by atoms with Crippen LogP contribution in [0.25, 0.3) is 16.9 Å². The van der Waals surface area contributed by atoms with Crippen LogP contribution in [-0.2, 0) is 21.7 Å². The number of carboxylic acid groups (broad SMARTS) is 1. The van der Waals surface area contributed by atoms with E-state index in [9.17, 15) is 14.7 Å². The summed E-state index contributed by atoms with van der Waals surface area (Å²) in [4.78, 5) is 42.4. The molecule has 244 valence electrons. The lowest BCUT2D eigenvalue weighted by Crippen LogP contribution is -2.46. The molecule has 3 aromatic heterocycles. The number of nitrogens with one attached hydrogen (secondary N) is 1. The minimum absolute atomic E-state index is 0.226. The summed E-state index contributed by atoms with van der Waals surface area (Å²) in [5, 5.41) is 22.8. The van der Waals surface area contributed by atoms with Gasteiger partial charge in [-0.1, -0.05) is 12.1 Å². The van der Waals surface area contributed by atoms with Gasteiger partial charge in [0.15, 0.2) is 11.5 Å². The Balaban J connectivity index is 1.22. The standard InChI is InChI=1S/C33H42N8O5/c1-4-15-40-31(44)26-22-34-32(37-30(26)41(40)28-10-8-9-27(36-28)33(2,3)45)35-24-11-13-25(14-12-24)39-19-17-38(18-20-39)16-6-5-7-21-46-23-29(42)43/h4,8-14,22,45H,1,5-7,15-21,23H2,2-3H3,(H,42,43)(H,34,35,37). The molecule has 1 aliphatic heterocycles. The lowest BCUT2D eigenvalue weighted by molar-refractivity contribution is -0.142. The second kappa shape index (κ2) is 14.7. The Kier molecular flexibility index (Phi) is 10.5. The number of rotatable bonds is 15. The van der Waals surface area contributed by atoms with Crippen molar-refractivity contribution in [3.8, 4) is 5.82 Å². The molecule has 13 nitrogen and oxygen atoms in total. The molecule has 13 heteroatoms. The fraction of sp³-hybridized carbons (Fsp3) is 0.424. The van der Waals surface area contributed by atoms with Gasteiger partial charge in [-0.2, -0.15) is 4.98 Å². The molecule has 1 saturated heterocycles. The number of carbonyl (C=O) groups is 1. The fourth-order valence-corrected chi connectivity index (χ4v) is 5.48. The molecule has 0 saturated carbocycles. The van der Waals surface area contributed by atoms with Crippen LogP contribution in [0.3, 0.4) is 0 Å². The van der Waals surface area contributed by atoms with Crippen molar-refractivity contribution in [2.75, 3.05) is 56.2 Å². The van der Waals surface area contributed by atoms with Gasteiger partial charge in [0.2, 0.25) is 5.95 Å². The highest BCUT2D eigenvalue weighted by Gasteiger charge is 2.22. The molecule has 46 heavy (non-hydrogen) atoms. The molecule has 4 aromatic rings. The Morgan fingerprint density at radius 1 is 1.07 bits per heavy atom.